The second kappa shape index (κ2) is 14.5. The van der Waals surface area contributed by atoms with E-state index in [1.807, 2.05) is 30.5 Å². The predicted molar refractivity (Wildman–Crippen MR) is 140 cm³/mol. The van der Waals surface area contributed by atoms with Gasteiger partial charge in [-0.15, -0.1) is 24.0 Å². The molecule has 1 aromatic carbocycles. The molecule has 176 valence electrons. The molecule has 3 rings (SSSR count). The number of aliphatic imine (C=N–C) groups is 1. The maximum absolute atomic E-state index is 5.87. The maximum atomic E-state index is 5.87. The molecule has 32 heavy (non-hydrogen) atoms. The van der Waals surface area contributed by atoms with Crippen molar-refractivity contribution in [1.82, 2.24) is 20.5 Å². The second-order valence-corrected chi connectivity index (χ2v) is 7.71. The summed E-state index contributed by atoms with van der Waals surface area (Å²) in [5.41, 5.74) is 2.37. The maximum Gasteiger partial charge on any atom is 0.191 e. The van der Waals surface area contributed by atoms with Crippen LogP contribution in [0.5, 0.6) is 5.75 Å². The summed E-state index contributed by atoms with van der Waals surface area (Å²) in [6.07, 6.45) is 2.66. The molecule has 0 bridgehead atoms. The van der Waals surface area contributed by atoms with Crippen molar-refractivity contribution in [2.75, 3.05) is 53.0 Å². The molecular weight excluding hydrogens is 541 g/mol. The van der Waals surface area contributed by atoms with E-state index < -0.39 is 0 Å². The van der Waals surface area contributed by atoms with E-state index in [2.05, 4.69) is 39.6 Å². The number of nitrogens with zero attached hydrogens (tertiary/aromatic N) is 3. The van der Waals surface area contributed by atoms with E-state index in [-0.39, 0.29) is 30.0 Å². The fourth-order valence-corrected chi connectivity index (χ4v) is 3.66. The third-order valence-corrected chi connectivity index (χ3v) is 5.47. The van der Waals surface area contributed by atoms with E-state index in [9.17, 15) is 0 Å². The Morgan fingerprint density at radius 3 is 2.56 bits per heavy atom. The first-order chi connectivity index (χ1) is 15.2. The molecule has 1 fully saturated rings. The van der Waals surface area contributed by atoms with Crippen LogP contribution < -0.4 is 15.4 Å². The van der Waals surface area contributed by atoms with Crippen molar-refractivity contribution in [3.8, 4) is 5.75 Å². The Balaban J connectivity index is 0.00000363. The molecule has 2 N–H and O–H groups in total. The molecule has 1 aromatic heterocycles. The summed E-state index contributed by atoms with van der Waals surface area (Å²) in [7, 11) is 1.69. The molecule has 0 radical (unpaired) electrons. The highest BCUT2D eigenvalue weighted by Gasteiger charge is 2.22. The molecule has 0 aliphatic carbocycles. The van der Waals surface area contributed by atoms with Crippen molar-refractivity contribution in [3.05, 3.63) is 58.9 Å². The van der Waals surface area contributed by atoms with Crippen LogP contribution in [0.25, 0.3) is 0 Å². The van der Waals surface area contributed by atoms with Crippen molar-refractivity contribution in [2.45, 2.75) is 19.4 Å². The largest absolute Gasteiger partial charge is 0.497 e. The van der Waals surface area contributed by atoms with E-state index in [1.54, 1.807) is 7.11 Å². The molecule has 0 amide bonds. The zero-order valence-corrected chi connectivity index (χ0v) is 21.8. The Bertz CT molecular complexity index is 814. The molecule has 0 spiro atoms. The van der Waals surface area contributed by atoms with Crippen LogP contribution in [0.2, 0.25) is 5.15 Å². The summed E-state index contributed by atoms with van der Waals surface area (Å²) >= 11 is 5.87. The number of ether oxygens (including phenoxy) is 2. The van der Waals surface area contributed by atoms with Gasteiger partial charge in [-0.2, -0.15) is 0 Å². The van der Waals surface area contributed by atoms with E-state index in [0.717, 1.165) is 63.1 Å². The molecule has 1 unspecified atom stereocenters. The Labute approximate surface area is 213 Å². The number of halogens is 2. The summed E-state index contributed by atoms with van der Waals surface area (Å²) in [4.78, 5) is 11.5. The van der Waals surface area contributed by atoms with Crippen LogP contribution in [0.3, 0.4) is 0 Å². The van der Waals surface area contributed by atoms with Gasteiger partial charge in [0.1, 0.15) is 10.9 Å². The topological polar surface area (TPSA) is 71.0 Å². The van der Waals surface area contributed by atoms with Crippen molar-refractivity contribution >= 4 is 41.5 Å². The summed E-state index contributed by atoms with van der Waals surface area (Å²) in [5, 5.41) is 7.28. The molecule has 2 aromatic rings. The minimum absolute atomic E-state index is 0. The zero-order chi connectivity index (χ0) is 21.9. The Morgan fingerprint density at radius 2 is 1.94 bits per heavy atom. The second-order valence-electron chi connectivity index (χ2n) is 7.32. The highest BCUT2D eigenvalue weighted by atomic mass is 127. The van der Waals surface area contributed by atoms with Crippen LogP contribution in [0, 0.1) is 0 Å². The van der Waals surface area contributed by atoms with Crippen LogP contribution in [-0.2, 0) is 11.2 Å². The molecular formula is C23H33ClIN5O2. The third kappa shape index (κ3) is 8.38. The number of benzene rings is 1. The third-order valence-electron chi connectivity index (χ3n) is 5.25. The average molecular weight is 574 g/mol. The van der Waals surface area contributed by atoms with Gasteiger partial charge in [-0.25, -0.2) is 4.98 Å². The Morgan fingerprint density at radius 1 is 1.19 bits per heavy atom. The Hall–Kier alpha value is -1.62. The fraction of sp³-hybridized carbons (Fsp3) is 0.478. The number of guanidine groups is 1. The number of hydrogen-bond donors (Lipinski definition) is 2. The van der Waals surface area contributed by atoms with E-state index in [0.29, 0.717) is 11.7 Å². The van der Waals surface area contributed by atoms with Crippen LogP contribution >= 0.6 is 35.6 Å². The van der Waals surface area contributed by atoms with E-state index in [4.69, 9.17) is 26.1 Å². The number of methoxy groups -OCH3 is 1. The lowest BCUT2D eigenvalue weighted by Gasteiger charge is -2.34. The molecule has 9 heteroatoms. The first-order valence-electron chi connectivity index (χ1n) is 10.8. The molecule has 1 atom stereocenters. The lowest BCUT2D eigenvalue weighted by Crippen LogP contribution is -2.42. The van der Waals surface area contributed by atoms with Gasteiger partial charge in [-0.05, 0) is 42.7 Å². The van der Waals surface area contributed by atoms with Gasteiger partial charge in [0.25, 0.3) is 0 Å². The van der Waals surface area contributed by atoms with Crippen molar-refractivity contribution in [2.24, 2.45) is 4.99 Å². The molecule has 0 saturated carbocycles. The lowest BCUT2D eigenvalue weighted by molar-refractivity contribution is 0.0179. The number of hydrogen-bond acceptors (Lipinski definition) is 5. The van der Waals surface area contributed by atoms with Gasteiger partial charge in [0.15, 0.2) is 5.96 Å². The van der Waals surface area contributed by atoms with Gasteiger partial charge < -0.3 is 20.1 Å². The van der Waals surface area contributed by atoms with Crippen LogP contribution in [0.1, 0.15) is 24.1 Å². The van der Waals surface area contributed by atoms with Gasteiger partial charge in [0.05, 0.1) is 32.9 Å². The number of nitrogens with one attached hydrogen (secondary N) is 2. The van der Waals surface area contributed by atoms with Crippen molar-refractivity contribution in [3.63, 3.8) is 0 Å². The highest BCUT2D eigenvalue weighted by molar-refractivity contribution is 14.0. The molecule has 2 heterocycles. The summed E-state index contributed by atoms with van der Waals surface area (Å²) < 4.78 is 10.9. The highest BCUT2D eigenvalue weighted by Crippen LogP contribution is 2.24. The summed E-state index contributed by atoms with van der Waals surface area (Å²) in [6, 6.07) is 12.3. The quantitative estimate of drug-likeness (QED) is 0.207. The monoisotopic (exact) mass is 573 g/mol. The van der Waals surface area contributed by atoms with Crippen molar-refractivity contribution < 1.29 is 9.47 Å². The normalized spacial score (nSPS) is 15.5. The number of rotatable bonds is 9. The predicted octanol–water partition coefficient (Wildman–Crippen LogP) is 3.53. The first-order valence-corrected chi connectivity index (χ1v) is 11.2. The van der Waals surface area contributed by atoms with E-state index >= 15 is 0 Å². The van der Waals surface area contributed by atoms with Gasteiger partial charge >= 0.3 is 0 Å². The van der Waals surface area contributed by atoms with Crippen LogP contribution in [-0.4, -0.2) is 68.9 Å². The van der Waals surface area contributed by atoms with Crippen LogP contribution in [0.4, 0.5) is 0 Å². The molecule has 1 saturated heterocycles. The lowest BCUT2D eigenvalue weighted by atomic mass is 10.0. The van der Waals surface area contributed by atoms with Gasteiger partial charge in [0.2, 0.25) is 0 Å². The minimum Gasteiger partial charge on any atom is -0.497 e. The van der Waals surface area contributed by atoms with Crippen molar-refractivity contribution in [1.29, 1.82) is 0 Å². The number of pyridine rings is 1. The standard InChI is InChI=1S/C23H32ClN5O2.HI/c1-3-25-23(26-11-10-18-4-9-22(24)27-16-18)28-17-21(29-12-14-31-15-13-29)19-5-7-20(30-2)8-6-19;/h4-9,16,21H,3,10-15,17H2,1-2H3,(H2,25,26,28);1H. The SMILES string of the molecule is CCNC(=NCC(c1ccc(OC)cc1)N1CCOCC1)NCCc1ccc(Cl)nc1.I. The zero-order valence-electron chi connectivity index (χ0n) is 18.7. The minimum atomic E-state index is 0. The molecule has 1 aliphatic heterocycles. The first kappa shape index (κ1) is 26.6. The van der Waals surface area contributed by atoms with Gasteiger partial charge in [-0.1, -0.05) is 29.8 Å². The summed E-state index contributed by atoms with van der Waals surface area (Å²) in [6.45, 7) is 7.61. The smallest absolute Gasteiger partial charge is 0.191 e. The van der Waals surface area contributed by atoms with Gasteiger partial charge in [-0.3, -0.25) is 9.89 Å². The van der Waals surface area contributed by atoms with Gasteiger partial charge in [0, 0.05) is 32.4 Å². The number of aromatic nitrogens is 1. The molecule has 1 aliphatic rings. The fourth-order valence-electron chi connectivity index (χ4n) is 3.55. The van der Waals surface area contributed by atoms with E-state index in [1.165, 1.54) is 5.56 Å². The van der Waals surface area contributed by atoms with Crippen LogP contribution in [0.15, 0.2) is 47.6 Å². The Kier molecular flexibility index (Phi) is 12.1. The number of morpholine rings is 1. The summed E-state index contributed by atoms with van der Waals surface area (Å²) in [5.74, 6) is 1.68. The molecule has 7 nitrogen and oxygen atoms in total. The average Bonchev–Trinajstić information content (AvgIpc) is 2.81.